The van der Waals surface area contributed by atoms with Crippen LogP contribution in [0.5, 0.6) is 11.5 Å². The number of hydrogen-bond donors (Lipinski definition) is 3. The Balaban J connectivity index is 2.26. The molecule has 0 spiro atoms. The zero-order valence-electron chi connectivity index (χ0n) is 11.7. The van der Waals surface area contributed by atoms with Gasteiger partial charge in [-0.1, -0.05) is 0 Å². The summed E-state index contributed by atoms with van der Waals surface area (Å²) in [4.78, 5) is 12.2. The summed E-state index contributed by atoms with van der Waals surface area (Å²) in [6.45, 7) is 1.67. The number of ether oxygens (including phenoxy) is 2. The van der Waals surface area contributed by atoms with E-state index in [9.17, 15) is 20.1 Å². The van der Waals surface area contributed by atoms with Crippen molar-refractivity contribution in [3.8, 4) is 11.5 Å². The van der Waals surface area contributed by atoms with Crippen LogP contribution in [0.4, 0.5) is 0 Å². The number of phenolic OH excluding ortho intramolecular Hbond substituents is 1. The number of carbonyl (C=O) groups excluding carboxylic acids is 1. The zero-order valence-corrected chi connectivity index (χ0v) is 11.7. The van der Waals surface area contributed by atoms with Crippen LogP contribution < -0.4 is 4.74 Å². The maximum Gasteiger partial charge on any atom is 0.343 e. The second-order valence-electron chi connectivity index (χ2n) is 5.53. The quantitative estimate of drug-likeness (QED) is 0.664. The van der Waals surface area contributed by atoms with Crippen molar-refractivity contribution in [1.29, 1.82) is 0 Å². The predicted octanol–water partition coefficient (Wildman–Crippen LogP) is 0.839. The highest BCUT2D eigenvalue weighted by molar-refractivity contribution is 6.03. The number of benzene rings is 1. The van der Waals surface area contributed by atoms with E-state index in [0.717, 1.165) is 0 Å². The molecule has 3 N–H and O–H groups in total. The fraction of sp³-hybridized carbons (Fsp3) is 0.400. The van der Waals surface area contributed by atoms with Gasteiger partial charge in [0.05, 0.1) is 19.3 Å². The molecule has 1 aliphatic heterocycles. The van der Waals surface area contributed by atoms with E-state index in [0.29, 0.717) is 16.9 Å². The molecule has 1 aromatic rings. The molecule has 1 aliphatic carbocycles. The Kier molecular flexibility index (Phi) is 2.96. The molecule has 112 valence electrons. The van der Waals surface area contributed by atoms with Gasteiger partial charge in [0.25, 0.3) is 0 Å². The van der Waals surface area contributed by atoms with Gasteiger partial charge in [0.2, 0.25) is 0 Å². The van der Waals surface area contributed by atoms with Crippen LogP contribution in [0.2, 0.25) is 0 Å². The molecule has 0 radical (unpaired) electrons. The number of phenols is 1. The molecule has 6 nitrogen and oxygen atoms in total. The molecule has 0 aromatic heterocycles. The van der Waals surface area contributed by atoms with Crippen molar-refractivity contribution in [1.82, 2.24) is 0 Å². The summed E-state index contributed by atoms with van der Waals surface area (Å²) in [5.41, 5.74) is 0.0189. The lowest BCUT2D eigenvalue weighted by molar-refractivity contribution is -0.0387. The highest BCUT2D eigenvalue weighted by Gasteiger charge is 2.47. The van der Waals surface area contributed by atoms with Crippen LogP contribution in [-0.2, 0) is 4.74 Å². The number of carbonyl (C=O) groups is 1. The summed E-state index contributed by atoms with van der Waals surface area (Å²) in [6, 6.07) is 2.95. The van der Waals surface area contributed by atoms with Gasteiger partial charge in [0, 0.05) is 23.6 Å². The number of aliphatic hydroxyl groups is 2. The lowest BCUT2D eigenvalue weighted by Gasteiger charge is -2.42. The molecule has 3 atom stereocenters. The molecule has 0 fully saturated rings. The fourth-order valence-corrected chi connectivity index (χ4v) is 2.96. The number of fused-ring (bicyclic) bond motifs is 3. The Bertz CT molecular complexity index is 650. The summed E-state index contributed by atoms with van der Waals surface area (Å²) in [6.07, 6.45) is -0.514. The average Bonchev–Trinajstić information content (AvgIpc) is 2.40. The first kappa shape index (κ1) is 13.9. The minimum absolute atomic E-state index is 0.0446. The van der Waals surface area contributed by atoms with E-state index in [1.807, 2.05) is 0 Å². The number of rotatable bonds is 1. The Morgan fingerprint density at radius 1 is 1.38 bits per heavy atom. The van der Waals surface area contributed by atoms with Crippen LogP contribution in [-0.4, -0.2) is 46.2 Å². The number of hydrogen-bond acceptors (Lipinski definition) is 6. The van der Waals surface area contributed by atoms with Gasteiger partial charge in [-0.2, -0.15) is 0 Å². The summed E-state index contributed by atoms with van der Waals surface area (Å²) in [7, 11) is 1.45. The second-order valence-corrected chi connectivity index (χ2v) is 5.53. The molecule has 0 unspecified atom stereocenters. The first-order valence-electron chi connectivity index (χ1n) is 6.59. The molecule has 21 heavy (non-hydrogen) atoms. The van der Waals surface area contributed by atoms with Crippen LogP contribution in [0.1, 0.15) is 29.3 Å². The van der Waals surface area contributed by atoms with Gasteiger partial charge in [-0.25, -0.2) is 4.79 Å². The van der Waals surface area contributed by atoms with Gasteiger partial charge in [0.15, 0.2) is 0 Å². The molecule has 0 saturated heterocycles. The largest absolute Gasteiger partial charge is 0.507 e. The van der Waals surface area contributed by atoms with Crippen molar-refractivity contribution in [2.24, 2.45) is 0 Å². The number of aliphatic hydroxyl groups excluding tert-OH is 2. The average molecular weight is 292 g/mol. The topological polar surface area (TPSA) is 96.2 Å². The lowest BCUT2D eigenvalue weighted by atomic mass is 9.75. The molecule has 0 amide bonds. The summed E-state index contributed by atoms with van der Waals surface area (Å²) in [5.74, 6) is -0.504. The minimum atomic E-state index is -1.05. The van der Waals surface area contributed by atoms with Crippen molar-refractivity contribution in [3.63, 3.8) is 0 Å². The van der Waals surface area contributed by atoms with E-state index in [1.165, 1.54) is 19.3 Å². The fourth-order valence-electron chi connectivity index (χ4n) is 2.96. The van der Waals surface area contributed by atoms with E-state index in [-0.39, 0.29) is 17.7 Å². The Hall–Kier alpha value is -2.05. The van der Waals surface area contributed by atoms with E-state index in [4.69, 9.17) is 9.47 Å². The number of aromatic hydroxyl groups is 1. The van der Waals surface area contributed by atoms with Crippen LogP contribution in [0, 0.1) is 0 Å². The molecule has 1 aromatic carbocycles. The van der Waals surface area contributed by atoms with E-state index in [2.05, 4.69) is 0 Å². The molecule has 1 heterocycles. The summed E-state index contributed by atoms with van der Waals surface area (Å²) in [5, 5.41) is 29.7. The zero-order chi connectivity index (χ0) is 15.4. The van der Waals surface area contributed by atoms with E-state index in [1.54, 1.807) is 13.0 Å². The third-order valence-corrected chi connectivity index (χ3v) is 4.04. The molecule has 2 aliphatic rings. The van der Waals surface area contributed by atoms with E-state index < -0.39 is 23.8 Å². The van der Waals surface area contributed by atoms with Gasteiger partial charge in [-0.3, -0.25) is 0 Å². The Labute approximate surface area is 121 Å². The van der Waals surface area contributed by atoms with Crippen LogP contribution in [0.15, 0.2) is 18.2 Å². The second kappa shape index (κ2) is 4.47. The van der Waals surface area contributed by atoms with Gasteiger partial charge < -0.3 is 24.8 Å². The van der Waals surface area contributed by atoms with Crippen molar-refractivity contribution < 1.29 is 29.6 Å². The third kappa shape index (κ3) is 1.99. The first-order chi connectivity index (χ1) is 9.85. The third-order valence-electron chi connectivity index (χ3n) is 4.04. The lowest BCUT2D eigenvalue weighted by Crippen LogP contribution is -2.47. The van der Waals surface area contributed by atoms with Gasteiger partial charge in [-0.15, -0.1) is 0 Å². The molecule has 3 rings (SSSR count). The maximum atomic E-state index is 12.2. The minimum Gasteiger partial charge on any atom is -0.507 e. The maximum absolute atomic E-state index is 12.2. The van der Waals surface area contributed by atoms with Gasteiger partial charge in [0.1, 0.15) is 22.7 Å². The molecular formula is C15H16O6. The summed E-state index contributed by atoms with van der Waals surface area (Å²) >= 11 is 0. The van der Waals surface area contributed by atoms with E-state index >= 15 is 0 Å². The normalized spacial score (nSPS) is 30.9. The van der Waals surface area contributed by atoms with Crippen LogP contribution in [0.3, 0.4) is 0 Å². The van der Waals surface area contributed by atoms with Crippen molar-refractivity contribution in [2.45, 2.75) is 31.2 Å². The van der Waals surface area contributed by atoms with Crippen molar-refractivity contribution in [2.75, 3.05) is 7.11 Å². The smallest absolute Gasteiger partial charge is 0.343 e. The standard InChI is InChI=1S/C15H16O6/c1-15-6-12(18)10(16)5-9(15)8-3-7(20-2)4-11(17)13(8)14(19)21-15/h3-5,10,12,16-18H,6H2,1-2H3/t10-,12-,15-/m0/s1. The Morgan fingerprint density at radius 2 is 2.10 bits per heavy atom. The highest BCUT2D eigenvalue weighted by atomic mass is 16.6. The first-order valence-corrected chi connectivity index (χ1v) is 6.59. The highest BCUT2D eigenvalue weighted by Crippen LogP contribution is 2.47. The molecule has 0 bridgehead atoms. The van der Waals surface area contributed by atoms with Crippen molar-refractivity contribution >= 4 is 11.5 Å². The van der Waals surface area contributed by atoms with Crippen molar-refractivity contribution in [3.05, 3.63) is 29.3 Å². The monoisotopic (exact) mass is 292 g/mol. The Morgan fingerprint density at radius 3 is 2.76 bits per heavy atom. The van der Waals surface area contributed by atoms with Crippen LogP contribution >= 0.6 is 0 Å². The van der Waals surface area contributed by atoms with Crippen LogP contribution in [0.25, 0.3) is 5.57 Å². The molecule has 0 saturated carbocycles. The number of esters is 1. The SMILES string of the molecule is COc1cc(O)c2c(c1)C1=C[C@H](O)[C@@H](O)C[C@]1(C)OC2=O. The summed E-state index contributed by atoms with van der Waals surface area (Å²) < 4.78 is 10.5. The van der Waals surface area contributed by atoms with Gasteiger partial charge in [-0.05, 0) is 19.1 Å². The number of methoxy groups -OCH3 is 1. The predicted molar refractivity (Wildman–Crippen MR) is 73.1 cm³/mol. The molecular weight excluding hydrogens is 276 g/mol. The molecule has 6 heteroatoms. The van der Waals surface area contributed by atoms with Gasteiger partial charge >= 0.3 is 5.97 Å².